The summed E-state index contributed by atoms with van der Waals surface area (Å²) < 4.78 is 5.34. The fourth-order valence-corrected chi connectivity index (χ4v) is 3.62. The molecule has 0 spiro atoms. The lowest BCUT2D eigenvalue weighted by Gasteiger charge is -2.31. The molecule has 7 heteroatoms. The first-order valence-corrected chi connectivity index (χ1v) is 8.69. The predicted molar refractivity (Wildman–Crippen MR) is 95.9 cm³/mol. The van der Waals surface area contributed by atoms with Crippen LogP contribution in [0.4, 0.5) is 10.5 Å². The van der Waals surface area contributed by atoms with Crippen molar-refractivity contribution >= 4 is 34.9 Å². The van der Waals surface area contributed by atoms with Gasteiger partial charge in [-0.1, -0.05) is 34.4 Å². The normalized spacial score (nSPS) is 14.8. The molecule has 0 N–H and O–H groups in total. The Hall–Kier alpha value is -1.72. The molecule has 2 heterocycles. The van der Waals surface area contributed by atoms with Crippen molar-refractivity contribution in [3.63, 3.8) is 0 Å². The van der Waals surface area contributed by atoms with Crippen molar-refractivity contribution in [2.45, 2.75) is 26.2 Å². The number of benzene rings is 1. The molecule has 3 rings (SSSR count). The van der Waals surface area contributed by atoms with Gasteiger partial charge in [0.25, 0.3) is 0 Å². The van der Waals surface area contributed by atoms with E-state index in [-0.39, 0.29) is 6.03 Å². The number of likely N-dealkylation sites (tertiary alicyclic amines) is 1. The Morgan fingerprint density at radius 1 is 1.21 bits per heavy atom. The molecule has 0 unspecified atom stereocenters. The lowest BCUT2D eigenvalue weighted by molar-refractivity contribution is 0.194. The molecule has 1 aliphatic heterocycles. The third-order valence-electron chi connectivity index (χ3n) is 4.28. The molecule has 2 aromatic rings. The highest BCUT2D eigenvalue weighted by atomic mass is 35.5. The van der Waals surface area contributed by atoms with E-state index in [1.807, 2.05) is 4.90 Å². The molecule has 1 fully saturated rings. The topological polar surface area (TPSA) is 49.6 Å². The van der Waals surface area contributed by atoms with E-state index < -0.39 is 0 Å². The summed E-state index contributed by atoms with van der Waals surface area (Å²) in [7, 11) is 1.73. The number of amides is 2. The van der Waals surface area contributed by atoms with Crippen molar-refractivity contribution in [1.82, 2.24) is 10.1 Å². The molecule has 2 amide bonds. The van der Waals surface area contributed by atoms with E-state index in [1.165, 1.54) is 6.42 Å². The maximum absolute atomic E-state index is 12.8. The Bertz CT molecular complexity index is 734. The number of carbonyl (C=O) groups excluding carboxylic acids is 1. The van der Waals surface area contributed by atoms with Crippen molar-refractivity contribution in [3.8, 4) is 11.3 Å². The second-order valence-electron chi connectivity index (χ2n) is 5.92. The molecule has 128 valence electrons. The number of carbonyl (C=O) groups is 1. The summed E-state index contributed by atoms with van der Waals surface area (Å²) in [6, 6.07) is 5.18. The van der Waals surface area contributed by atoms with Crippen LogP contribution in [0.25, 0.3) is 11.3 Å². The van der Waals surface area contributed by atoms with Gasteiger partial charge in [-0.25, -0.2) is 4.79 Å². The van der Waals surface area contributed by atoms with Gasteiger partial charge in [-0.3, -0.25) is 4.90 Å². The zero-order valence-electron chi connectivity index (χ0n) is 13.7. The Morgan fingerprint density at radius 3 is 2.46 bits per heavy atom. The van der Waals surface area contributed by atoms with Gasteiger partial charge >= 0.3 is 6.03 Å². The second-order valence-corrected chi connectivity index (χ2v) is 6.74. The number of urea groups is 1. The maximum Gasteiger partial charge on any atom is 0.324 e. The molecule has 0 aliphatic carbocycles. The molecule has 0 radical (unpaired) electrons. The van der Waals surface area contributed by atoms with Crippen molar-refractivity contribution in [2.24, 2.45) is 0 Å². The zero-order chi connectivity index (χ0) is 17.3. The highest BCUT2D eigenvalue weighted by Crippen LogP contribution is 2.40. The number of aryl methyl sites for hydroxylation is 1. The highest BCUT2D eigenvalue weighted by Gasteiger charge is 2.28. The van der Waals surface area contributed by atoms with E-state index in [0.717, 1.165) is 25.9 Å². The third kappa shape index (κ3) is 3.10. The number of rotatable bonds is 2. The third-order valence-corrected chi connectivity index (χ3v) is 4.91. The van der Waals surface area contributed by atoms with Gasteiger partial charge in [0.05, 0.1) is 10.0 Å². The molecule has 1 aromatic carbocycles. The first kappa shape index (κ1) is 17.1. The zero-order valence-corrected chi connectivity index (χ0v) is 15.2. The minimum atomic E-state index is -0.0644. The average Bonchev–Trinajstić information content (AvgIpc) is 2.95. The molecular formula is C17H19Cl2N3O2. The van der Waals surface area contributed by atoms with Crippen LogP contribution in [0.15, 0.2) is 22.7 Å². The van der Waals surface area contributed by atoms with Crippen molar-refractivity contribution in [2.75, 3.05) is 25.0 Å². The van der Waals surface area contributed by atoms with Gasteiger partial charge in [0.1, 0.15) is 11.4 Å². The Kier molecular flexibility index (Phi) is 5.01. The van der Waals surface area contributed by atoms with Gasteiger partial charge in [-0.05, 0) is 38.3 Å². The molecule has 1 aliphatic rings. The second kappa shape index (κ2) is 7.03. The first-order valence-electron chi connectivity index (χ1n) is 7.94. The van der Waals surface area contributed by atoms with E-state index >= 15 is 0 Å². The summed E-state index contributed by atoms with van der Waals surface area (Å²) in [6.45, 7) is 3.32. The Labute approximate surface area is 151 Å². The van der Waals surface area contributed by atoms with Gasteiger partial charge in [0.15, 0.2) is 5.76 Å². The summed E-state index contributed by atoms with van der Waals surface area (Å²) in [5.41, 5.74) is 1.66. The van der Waals surface area contributed by atoms with Gasteiger partial charge < -0.3 is 9.42 Å². The maximum atomic E-state index is 12.8. The van der Waals surface area contributed by atoms with Crippen LogP contribution in [0.2, 0.25) is 10.0 Å². The van der Waals surface area contributed by atoms with Gasteiger partial charge in [-0.2, -0.15) is 0 Å². The van der Waals surface area contributed by atoms with Gasteiger partial charge in [0, 0.05) is 25.7 Å². The lowest BCUT2D eigenvalue weighted by atomic mass is 10.1. The molecule has 0 saturated carbocycles. The number of nitrogens with zero attached hydrogens (tertiary/aromatic N) is 3. The van der Waals surface area contributed by atoms with E-state index in [4.69, 9.17) is 27.7 Å². The van der Waals surface area contributed by atoms with E-state index in [9.17, 15) is 4.79 Å². The predicted octanol–water partition coefficient (Wildman–Crippen LogP) is 5.00. The number of anilines is 1. The number of halogens is 2. The number of piperidine rings is 1. The van der Waals surface area contributed by atoms with E-state index in [2.05, 4.69) is 5.16 Å². The quantitative estimate of drug-likeness (QED) is 0.750. The van der Waals surface area contributed by atoms with E-state index in [1.54, 1.807) is 37.1 Å². The van der Waals surface area contributed by atoms with Crippen molar-refractivity contribution in [1.29, 1.82) is 0 Å². The average molecular weight is 368 g/mol. The van der Waals surface area contributed by atoms with Crippen LogP contribution in [-0.2, 0) is 0 Å². The molecule has 0 bridgehead atoms. The highest BCUT2D eigenvalue weighted by molar-refractivity contribution is 6.39. The van der Waals surface area contributed by atoms with Crippen LogP contribution in [0.3, 0.4) is 0 Å². The monoisotopic (exact) mass is 367 g/mol. The number of hydrogen-bond acceptors (Lipinski definition) is 3. The van der Waals surface area contributed by atoms with Crippen LogP contribution in [0.1, 0.15) is 25.0 Å². The fourth-order valence-electron chi connectivity index (χ4n) is 3.04. The first-order chi connectivity index (χ1) is 11.5. The summed E-state index contributed by atoms with van der Waals surface area (Å²) in [5.74, 6) is 0.550. The summed E-state index contributed by atoms with van der Waals surface area (Å²) in [5, 5.41) is 5.04. The summed E-state index contributed by atoms with van der Waals surface area (Å²) >= 11 is 12.6. The molecule has 24 heavy (non-hydrogen) atoms. The minimum absolute atomic E-state index is 0.0644. The van der Waals surface area contributed by atoms with E-state index in [0.29, 0.717) is 32.8 Å². The largest absolute Gasteiger partial charge is 0.359 e. The summed E-state index contributed by atoms with van der Waals surface area (Å²) in [6.07, 6.45) is 3.23. The Balaban J connectivity index is 1.99. The van der Waals surface area contributed by atoms with Crippen LogP contribution in [0, 0.1) is 6.92 Å². The standard InChI is InChI=1S/C17H19Cl2N3O2/c1-11-16(21(2)17(23)22-9-4-3-5-10-22)15(20-24-11)14-12(18)7-6-8-13(14)19/h6-8H,3-5,9-10H2,1-2H3. The van der Waals surface area contributed by atoms with Gasteiger partial charge in [0.2, 0.25) is 0 Å². The smallest absolute Gasteiger partial charge is 0.324 e. The van der Waals surface area contributed by atoms with Crippen molar-refractivity contribution in [3.05, 3.63) is 34.0 Å². The minimum Gasteiger partial charge on any atom is -0.359 e. The molecule has 1 saturated heterocycles. The van der Waals surface area contributed by atoms with Gasteiger partial charge in [-0.15, -0.1) is 0 Å². The lowest BCUT2D eigenvalue weighted by Crippen LogP contribution is -2.44. The summed E-state index contributed by atoms with van der Waals surface area (Å²) in [4.78, 5) is 16.2. The van der Waals surface area contributed by atoms with Crippen molar-refractivity contribution < 1.29 is 9.32 Å². The van der Waals surface area contributed by atoms with Crippen LogP contribution in [-0.4, -0.2) is 36.2 Å². The molecule has 0 atom stereocenters. The molecule has 1 aromatic heterocycles. The van der Waals surface area contributed by atoms with Crippen LogP contribution < -0.4 is 4.90 Å². The van der Waals surface area contributed by atoms with Crippen LogP contribution in [0.5, 0.6) is 0 Å². The molecule has 5 nitrogen and oxygen atoms in total. The fraction of sp³-hybridized carbons (Fsp3) is 0.412. The number of aromatic nitrogens is 1. The SMILES string of the molecule is Cc1onc(-c2c(Cl)cccc2Cl)c1N(C)C(=O)N1CCCCC1. The molecular weight excluding hydrogens is 349 g/mol. The van der Waals surface area contributed by atoms with Crippen LogP contribution >= 0.6 is 23.2 Å². The Morgan fingerprint density at radius 2 is 1.83 bits per heavy atom. The number of hydrogen-bond donors (Lipinski definition) is 0.